The predicted molar refractivity (Wildman–Crippen MR) is 102 cm³/mol. The zero-order valence-electron chi connectivity index (χ0n) is 15.2. The van der Waals surface area contributed by atoms with Crippen LogP contribution in [-0.2, 0) is 13.0 Å². The van der Waals surface area contributed by atoms with Gasteiger partial charge in [-0.25, -0.2) is 13.8 Å². The highest BCUT2D eigenvalue weighted by molar-refractivity contribution is 6.06. The lowest BCUT2D eigenvalue weighted by molar-refractivity contribution is 0.102. The van der Waals surface area contributed by atoms with Gasteiger partial charge in [-0.1, -0.05) is 18.9 Å². The Bertz CT molecular complexity index is 1120. The van der Waals surface area contributed by atoms with Crippen LogP contribution in [0.15, 0.2) is 41.2 Å². The van der Waals surface area contributed by atoms with E-state index in [1.54, 1.807) is 10.6 Å². The van der Waals surface area contributed by atoms with Gasteiger partial charge < -0.3 is 5.32 Å². The summed E-state index contributed by atoms with van der Waals surface area (Å²) in [6.45, 7) is 0.651. The first kappa shape index (κ1) is 18.3. The molecular weight excluding hydrogens is 364 g/mol. The van der Waals surface area contributed by atoms with Gasteiger partial charge in [0.1, 0.15) is 5.82 Å². The zero-order chi connectivity index (χ0) is 19.7. The van der Waals surface area contributed by atoms with E-state index in [2.05, 4.69) is 10.3 Å². The smallest absolute Gasteiger partial charge is 0.261 e. The summed E-state index contributed by atoms with van der Waals surface area (Å²) in [4.78, 5) is 29.9. The first-order valence-electron chi connectivity index (χ1n) is 9.33. The van der Waals surface area contributed by atoms with Crippen molar-refractivity contribution in [2.75, 3.05) is 5.32 Å². The summed E-state index contributed by atoms with van der Waals surface area (Å²) >= 11 is 0. The van der Waals surface area contributed by atoms with Gasteiger partial charge in [0.05, 0.1) is 16.6 Å². The average molecular weight is 383 g/mol. The van der Waals surface area contributed by atoms with Gasteiger partial charge in [0.15, 0.2) is 11.6 Å². The van der Waals surface area contributed by atoms with Crippen LogP contribution >= 0.6 is 0 Å². The first-order valence-corrected chi connectivity index (χ1v) is 9.33. The van der Waals surface area contributed by atoms with Gasteiger partial charge in [-0.15, -0.1) is 0 Å². The Labute approximate surface area is 160 Å². The molecule has 144 valence electrons. The number of nitrogens with zero attached hydrogens (tertiary/aromatic N) is 2. The quantitative estimate of drug-likeness (QED) is 0.726. The second-order valence-electron chi connectivity index (χ2n) is 6.94. The van der Waals surface area contributed by atoms with E-state index < -0.39 is 17.5 Å². The van der Waals surface area contributed by atoms with Gasteiger partial charge in [-0.05, 0) is 43.2 Å². The number of hydrogen-bond donors (Lipinski definition) is 1. The molecule has 1 aliphatic rings. The molecular formula is C21H19F2N3O2. The van der Waals surface area contributed by atoms with Crippen molar-refractivity contribution in [2.24, 2.45) is 0 Å². The van der Waals surface area contributed by atoms with Crippen LogP contribution in [0.3, 0.4) is 0 Å². The van der Waals surface area contributed by atoms with Crippen LogP contribution < -0.4 is 10.9 Å². The molecule has 0 unspecified atom stereocenters. The number of nitrogens with one attached hydrogen (secondary N) is 1. The first-order chi connectivity index (χ1) is 13.5. The summed E-state index contributed by atoms with van der Waals surface area (Å²) in [6.07, 6.45) is 4.84. The summed E-state index contributed by atoms with van der Waals surface area (Å²) in [6, 6.07) is 8.15. The third-order valence-electron chi connectivity index (χ3n) is 5.03. The predicted octanol–water partition coefficient (Wildman–Crippen LogP) is 4.04. The van der Waals surface area contributed by atoms with Crippen LogP contribution in [0, 0.1) is 11.6 Å². The van der Waals surface area contributed by atoms with Crippen LogP contribution in [0.25, 0.3) is 10.9 Å². The maximum Gasteiger partial charge on any atom is 0.261 e. The number of aromatic nitrogens is 2. The fourth-order valence-corrected chi connectivity index (χ4v) is 3.53. The van der Waals surface area contributed by atoms with E-state index in [1.807, 2.05) is 0 Å². The summed E-state index contributed by atoms with van der Waals surface area (Å²) in [7, 11) is 0. The van der Waals surface area contributed by atoms with Crippen LogP contribution in [0.1, 0.15) is 41.9 Å². The number of rotatable bonds is 2. The molecule has 0 spiro atoms. The number of fused-ring (bicyclic) bond motifs is 2. The highest BCUT2D eigenvalue weighted by Crippen LogP contribution is 2.20. The zero-order valence-corrected chi connectivity index (χ0v) is 15.2. The second kappa shape index (κ2) is 7.50. The highest BCUT2D eigenvalue weighted by atomic mass is 19.2. The molecule has 0 bridgehead atoms. The molecule has 2 aromatic carbocycles. The lowest BCUT2D eigenvalue weighted by Crippen LogP contribution is -2.26. The standard InChI is InChI=1S/C21H19F2N3O2/c22-15-6-5-7-16(19(15)23)25-20(27)13-9-10-14-17(12-13)24-18-8-3-1-2-4-11-26(18)21(14)28/h5-7,9-10,12H,1-4,8,11H2,(H,25,27). The van der Waals surface area contributed by atoms with Crippen molar-refractivity contribution in [1.29, 1.82) is 0 Å². The topological polar surface area (TPSA) is 64.0 Å². The molecule has 0 radical (unpaired) electrons. The number of hydrogen-bond acceptors (Lipinski definition) is 3. The number of carbonyl (C=O) groups is 1. The molecule has 0 atom stereocenters. The Balaban J connectivity index is 1.71. The third-order valence-corrected chi connectivity index (χ3v) is 5.03. The number of halogens is 2. The molecule has 7 heteroatoms. The van der Waals surface area contributed by atoms with Gasteiger partial charge >= 0.3 is 0 Å². The van der Waals surface area contributed by atoms with Gasteiger partial charge in [-0.2, -0.15) is 0 Å². The summed E-state index contributed by atoms with van der Waals surface area (Å²) in [5, 5.41) is 2.80. The Morgan fingerprint density at radius 3 is 2.75 bits per heavy atom. The maximum absolute atomic E-state index is 13.8. The fraction of sp³-hybridized carbons (Fsp3) is 0.286. The number of amides is 1. The lowest BCUT2D eigenvalue weighted by atomic mass is 10.1. The van der Waals surface area contributed by atoms with Crippen molar-refractivity contribution in [1.82, 2.24) is 9.55 Å². The van der Waals surface area contributed by atoms with Crippen molar-refractivity contribution in [2.45, 2.75) is 38.6 Å². The van der Waals surface area contributed by atoms with Crippen molar-refractivity contribution in [3.05, 3.63) is 69.8 Å². The Hall–Kier alpha value is -3.09. The average Bonchev–Trinajstić information content (AvgIpc) is 2.66. The van der Waals surface area contributed by atoms with Crippen LogP contribution in [0.5, 0.6) is 0 Å². The van der Waals surface area contributed by atoms with E-state index in [1.165, 1.54) is 24.3 Å². The van der Waals surface area contributed by atoms with Crippen molar-refractivity contribution in [3.8, 4) is 0 Å². The molecule has 1 amide bonds. The second-order valence-corrected chi connectivity index (χ2v) is 6.94. The van der Waals surface area contributed by atoms with E-state index in [0.717, 1.165) is 44.0 Å². The number of carbonyl (C=O) groups excluding carboxylic acids is 1. The van der Waals surface area contributed by atoms with Crippen LogP contribution in [0.4, 0.5) is 14.5 Å². The minimum absolute atomic E-state index is 0.106. The van der Waals surface area contributed by atoms with E-state index >= 15 is 0 Å². The molecule has 1 aromatic heterocycles. The normalized spacial score (nSPS) is 14.2. The molecule has 2 heterocycles. The third kappa shape index (κ3) is 3.40. The molecule has 4 rings (SSSR count). The Kier molecular flexibility index (Phi) is 4.90. The minimum Gasteiger partial charge on any atom is -0.319 e. The molecule has 5 nitrogen and oxygen atoms in total. The van der Waals surface area contributed by atoms with Crippen LogP contribution in [0.2, 0.25) is 0 Å². The van der Waals surface area contributed by atoms with E-state index in [0.29, 0.717) is 17.4 Å². The SMILES string of the molecule is O=C(Nc1cccc(F)c1F)c1ccc2c(=O)n3c(nc2c1)CCCCCC3. The van der Waals surface area contributed by atoms with E-state index in [-0.39, 0.29) is 16.8 Å². The lowest BCUT2D eigenvalue weighted by Gasteiger charge is -2.16. The highest BCUT2D eigenvalue weighted by Gasteiger charge is 2.16. The summed E-state index contributed by atoms with van der Waals surface area (Å²) in [5.41, 5.74) is 0.310. The Morgan fingerprint density at radius 2 is 1.89 bits per heavy atom. The molecule has 0 saturated carbocycles. The molecule has 1 N–H and O–H groups in total. The van der Waals surface area contributed by atoms with Crippen molar-refractivity contribution >= 4 is 22.5 Å². The minimum atomic E-state index is -1.12. The van der Waals surface area contributed by atoms with Gasteiger partial charge in [0.25, 0.3) is 11.5 Å². The van der Waals surface area contributed by atoms with E-state index in [9.17, 15) is 18.4 Å². The van der Waals surface area contributed by atoms with Gasteiger partial charge in [0.2, 0.25) is 0 Å². The molecule has 0 aliphatic carbocycles. The summed E-state index contributed by atoms with van der Waals surface area (Å²) < 4.78 is 28.9. The monoisotopic (exact) mass is 383 g/mol. The number of benzene rings is 2. The molecule has 0 fully saturated rings. The molecule has 0 saturated heterocycles. The Morgan fingerprint density at radius 1 is 1.07 bits per heavy atom. The fourth-order valence-electron chi connectivity index (χ4n) is 3.53. The molecule has 1 aliphatic heterocycles. The largest absolute Gasteiger partial charge is 0.319 e. The number of anilines is 1. The van der Waals surface area contributed by atoms with E-state index in [4.69, 9.17) is 0 Å². The molecule has 3 aromatic rings. The molecule has 28 heavy (non-hydrogen) atoms. The van der Waals surface area contributed by atoms with Crippen LogP contribution in [-0.4, -0.2) is 15.5 Å². The van der Waals surface area contributed by atoms with Crippen molar-refractivity contribution in [3.63, 3.8) is 0 Å². The number of aryl methyl sites for hydroxylation is 1. The van der Waals surface area contributed by atoms with Gasteiger partial charge in [0, 0.05) is 18.5 Å². The van der Waals surface area contributed by atoms with Gasteiger partial charge in [-0.3, -0.25) is 14.2 Å². The van der Waals surface area contributed by atoms with Crippen molar-refractivity contribution < 1.29 is 13.6 Å². The summed E-state index contributed by atoms with van der Waals surface area (Å²) in [5.74, 6) is -2.02. The maximum atomic E-state index is 13.8.